The van der Waals surface area contributed by atoms with Crippen molar-refractivity contribution in [3.05, 3.63) is 53.1 Å². The van der Waals surface area contributed by atoms with Crippen LogP contribution in [0.15, 0.2) is 42.5 Å². The molecule has 1 heterocycles. The normalized spacial score (nSPS) is 15.0. The van der Waals surface area contributed by atoms with E-state index in [1.807, 2.05) is 0 Å². The summed E-state index contributed by atoms with van der Waals surface area (Å²) in [4.78, 5) is 27.9. The summed E-state index contributed by atoms with van der Waals surface area (Å²) in [5.74, 6) is -0.345. The zero-order valence-electron chi connectivity index (χ0n) is 18.9. The lowest BCUT2D eigenvalue weighted by Crippen LogP contribution is -2.45. The number of hydrogen-bond acceptors (Lipinski definition) is 5. The molecule has 10 heteroatoms. The molecule has 2 aromatic rings. The summed E-state index contributed by atoms with van der Waals surface area (Å²) in [6.45, 7) is 2.83. The standard InChI is InChI=1S/C23H28ClN3O5S/c1-16(27(33(3,30)31)17-11-12-21(32-2)19(24)15-17)22(28)25-20-10-6-5-9-18(20)23(29)26-13-7-4-8-14-26/h5-6,9-12,15-16H,4,7-8,13-14H2,1-3H3,(H,25,28). The van der Waals surface area contributed by atoms with E-state index in [9.17, 15) is 18.0 Å². The summed E-state index contributed by atoms with van der Waals surface area (Å²) in [7, 11) is -2.38. The minimum absolute atomic E-state index is 0.153. The second kappa shape index (κ2) is 10.4. The summed E-state index contributed by atoms with van der Waals surface area (Å²) in [5, 5.41) is 2.96. The minimum atomic E-state index is -3.84. The Morgan fingerprint density at radius 3 is 2.39 bits per heavy atom. The monoisotopic (exact) mass is 493 g/mol. The molecule has 1 aliphatic heterocycles. The number of hydrogen-bond donors (Lipinski definition) is 1. The topological polar surface area (TPSA) is 96.0 Å². The van der Waals surface area contributed by atoms with Crippen molar-refractivity contribution in [3.63, 3.8) is 0 Å². The molecule has 1 N–H and O–H groups in total. The van der Waals surface area contributed by atoms with Crippen LogP contribution in [0.3, 0.4) is 0 Å². The van der Waals surface area contributed by atoms with Crippen LogP contribution >= 0.6 is 11.6 Å². The van der Waals surface area contributed by atoms with E-state index in [0.29, 0.717) is 30.1 Å². The van der Waals surface area contributed by atoms with Crippen LogP contribution in [-0.2, 0) is 14.8 Å². The van der Waals surface area contributed by atoms with Gasteiger partial charge in [0, 0.05) is 13.1 Å². The second-order valence-corrected chi connectivity index (χ2v) is 10.2. The molecular weight excluding hydrogens is 466 g/mol. The number of nitrogens with zero attached hydrogens (tertiary/aromatic N) is 2. The van der Waals surface area contributed by atoms with Gasteiger partial charge in [-0.3, -0.25) is 13.9 Å². The Kier molecular flexibility index (Phi) is 7.86. The molecule has 1 saturated heterocycles. The van der Waals surface area contributed by atoms with Crippen LogP contribution in [0.2, 0.25) is 5.02 Å². The van der Waals surface area contributed by atoms with E-state index in [4.69, 9.17) is 16.3 Å². The lowest BCUT2D eigenvalue weighted by Gasteiger charge is -2.29. The van der Waals surface area contributed by atoms with Crippen molar-refractivity contribution < 1.29 is 22.7 Å². The molecule has 33 heavy (non-hydrogen) atoms. The second-order valence-electron chi connectivity index (χ2n) is 7.94. The van der Waals surface area contributed by atoms with Crippen molar-refractivity contribution >= 4 is 44.8 Å². The molecule has 0 bridgehead atoms. The van der Waals surface area contributed by atoms with Gasteiger partial charge in [0.25, 0.3) is 5.91 Å². The summed E-state index contributed by atoms with van der Waals surface area (Å²) in [6, 6.07) is 10.1. The predicted octanol–water partition coefficient (Wildman–Crippen LogP) is 3.77. The van der Waals surface area contributed by atoms with E-state index in [0.717, 1.165) is 29.8 Å². The van der Waals surface area contributed by atoms with E-state index in [1.165, 1.54) is 32.2 Å². The number of anilines is 2. The highest BCUT2D eigenvalue weighted by Gasteiger charge is 2.30. The molecule has 178 valence electrons. The van der Waals surface area contributed by atoms with Crippen molar-refractivity contribution in [2.45, 2.75) is 32.2 Å². The zero-order chi connectivity index (χ0) is 24.2. The minimum Gasteiger partial charge on any atom is -0.495 e. The first-order valence-electron chi connectivity index (χ1n) is 10.7. The fraction of sp³-hybridized carbons (Fsp3) is 0.391. The third kappa shape index (κ3) is 5.78. The van der Waals surface area contributed by atoms with Crippen LogP contribution in [0, 0.1) is 0 Å². The Bertz CT molecular complexity index is 1130. The van der Waals surface area contributed by atoms with E-state index in [2.05, 4.69) is 5.32 Å². The molecule has 1 atom stereocenters. The quantitative estimate of drug-likeness (QED) is 0.633. The van der Waals surface area contributed by atoms with Crippen LogP contribution in [-0.4, -0.2) is 57.6 Å². The van der Waals surface area contributed by atoms with Gasteiger partial charge in [-0.25, -0.2) is 8.42 Å². The third-order valence-corrected chi connectivity index (χ3v) is 7.07. The lowest BCUT2D eigenvalue weighted by atomic mass is 10.1. The smallest absolute Gasteiger partial charge is 0.255 e. The number of benzene rings is 2. The number of carbonyl (C=O) groups is 2. The fourth-order valence-electron chi connectivity index (χ4n) is 3.88. The first-order chi connectivity index (χ1) is 15.6. The maximum Gasteiger partial charge on any atom is 0.255 e. The number of likely N-dealkylation sites (tertiary alicyclic amines) is 1. The van der Waals surface area contributed by atoms with Gasteiger partial charge in [0.15, 0.2) is 0 Å². The number of ether oxygens (including phenoxy) is 1. The molecule has 0 spiro atoms. The average molecular weight is 494 g/mol. The van der Waals surface area contributed by atoms with E-state index in [-0.39, 0.29) is 16.6 Å². The number of rotatable bonds is 7. The maximum absolute atomic E-state index is 13.1. The molecule has 2 amide bonds. The first kappa shape index (κ1) is 24.9. The number of nitrogens with one attached hydrogen (secondary N) is 1. The Labute approximate surface area is 199 Å². The zero-order valence-corrected chi connectivity index (χ0v) is 20.4. The molecule has 0 saturated carbocycles. The Morgan fingerprint density at radius 2 is 1.79 bits per heavy atom. The summed E-state index contributed by atoms with van der Waals surface area (Å²) < 4.78 is 31.3. The van der Waals surface area contributed by atoms with Crippen molar-refractivity contribution in [2.75, 3.05) is 36.1 Å². The van der Waals surface area contributed by atoms with Gasteiger partial charge in [0.1, 0.15) is 11.8 Å². The van der Waals surface area contributed by atoms with Crippen molar-refractivity contribution in [3.8, 4) is 5.75 Å². The predicted molar refractivity (Wildman–Crippen MR) is 130 cm³/mol. The largest absolute Gasteiger partial charge is 0.495 e. The molecule has 3 rings (SSSR count). The van der Waals surface area contributed by atoms with Gasteiger partial charge in [-0.05, 0) is 56.5 Å². The number of carbonyl (C=O) groups excluding carboxylic acids is 2. The van der Waals surface area contributed by atoms with Gasteiger partial charge >= 0.3 is 0 Å². The van der Waals surface area contributed by atoms with Gasteiger partial charge in [0.05, 0.1) is 35.3 Å². The molecule has 0 aliphatic carbocycles. The molecule has 1 unspecified atom stereocenters. The first-order valence-corrected chi connectivity index (χ1v) is 12.9. The number of methoxy groups -OCH3 is 1. The van der Waals surface area contributed by atoms with E-state index >= 15 is 0 Å². The van der Waals surface area contributed by atoms with Crippen LogP contribution in [0.5, 0.6) is 5.75 Å². The number of para-hydroxylation sites is 1. The highest BCUT2D eigenvalue weighted by atomic mass is 35.5. The number of amides is 2. The van der Waals surface area contributed by atoms with Gasteiger partial charge in [-0.2, -0.15) is 0 Å². The lowest BCUT2D eigenvalue weighted by molar-refractivity contribution is -0.116. The van der Waals surface area contributed by atoms with E-state index < -0.39 is 22.0 Å². The van der Waals surface area contributed by atoms with Crippen molar-refractivity contribution in [1.29, 1.82) is 0 Å². The summed E-state index contributed by atoms with van der Waals surface area (Å²) in [5.41, 5.74) is 0.938. The number of sulfonamides is 1. The molecule has 0 aromatic heterocycles. The third-order valence-electron chi connectivity index (χ3n) is 5.54. The molecule has 1 aliphatic rings. The number of halogens is 1. The molecule has 0 radical (unpaired) electrons. The SMILES string of the molecule is COc1ccc(N(C(C)C(=O)Nc2ccccc2C(=O)N2CCCCC2)S(C)(=O)=O)cc1Cl. The van der Waals surface area contributed by atoms with Crippen LogP contribution in [0.4, 0.5) is 11.4 Å². The van der Waals surface area contributed by atoms with Gasteiger partial charge in [0.2, 0.25) is 15.9 Å². The fourth-order valence-corrected chi connectivity index (χ4v) is 5.30. The molecular formula is C23H28ClN3O5S. The number of piperidine rings is 1. The van der Waals surface area contributed by atoms with Gasteiger partial charge < -0.3 is 15.0 Å². The van der Waals surface area contributed by atoms with Crippen molar-refractivity contribution in [2.24, 2.45) is 0 Å². The van der Waals surface area contributed by atoms with Crippen LogP contribution in [0.25, 0.3) is 0 Å². The molecule has 2 aromatic carbocycles. The van der Waals surface area contributed by atoms with Gasteiger partial charge in [-0.1, -0.05) is 23.7 Å². The van der Waals surface area contributed by atoms with Crippen LogP contribution in [0.1, 0.15) is 36.5 Å². The summed E-state index contributed by atoms with van der Waals surface area (Å²) in [6.07, 6.45) is 4.01. The van der Waals surface area contributed by atoms with Gasteiger partial charge in [-0.15, -0.1) is 0 Å². The highest BCUT2D eigenvalue weighted by molar-refractivity contribution is 7.92. The van der Waals surface area contributed by atoms with Crippen molar-refractivity contribution in [1.82, 2.24) is 4.90 Å². The molecule has 8 nitrogen and oxygen atoms in total. The van der Waals surface area contributed by atoms with Crippen LogP contribution < -0.4 is 14.4 Å². The Balaban J connectivity index is 1.87. The van der Waals surface area contributed by atoms with E-state index in [1.54, 1.807) is 29.2 Å². The summed E-state index contributed by atoms with van der Waals surface area (Å²) >= 11 is 6.18. The molecule has 1 fully saturated rings. The Hall–Kier alpha value is -2.78. The maximum atomic E-state index is 13.1. The Morgan fingerprint density at radius 1 is 1.12 bits per heavy atom. The average Bonchev–Trinajstić information content (AvgIpc) is 2.79. The highest BCUT2D eigenvalue weighted by Crippen LogP contribution is 2.31.